The van der Waals surface area contributed by atoms with Crippen molar-refractivity contribution in [2.45, 2.75) is 6.73 Å². The molecule has 0 bridgehead atoms. The molecule has 1 heterocycles. The number of aromatic nitrogens is 3. The van der Waals surface area contributed by atoms with Gasteiger partial charge in [-0.15, -0.1) is 5.10 Å². The van der Waals surface area contributed by atoms with Gasteiger partial charge in [-0.25, -0.2) is 4.79 Å². The Bertz CT molecular complexity index is 1320. The van der Waals surface area contributed by atoms with Crippen molar-refractivity contribution in [3.8, 4) is 0 Å². The summed E-state index contributed by atoms with van der Waals surface area (Å²) in [6, 6.07) is 19.4. The predicted octanol–water partition coefficient (Wildman–Crippen LogP) is 3.49. The number of esters is 1. The third kappa shape index (κ3) is 3.83. The lowest BCUT2D eigenvalue weighted by Gasteiger charge is -2.10. The summed E-state index contributed by atoms with van der Waals surface area (Å²) in [5, 5.41) is 8.59. The molecule has 0 aliphatic carbocycles. The van der Waals surface area contributed by atoms with E-state index in [4.69, 9.17) is 16.3 Å². The Kier molecular flexibility index (Phi) is 5.36. The number of ether oxygens (including phenoxy) is 1. The molecule has 0 saturated heterocycles. The molecule has 0 N–H and O–H groups in total. The zero-order valence-corrected chi connectivity index (χ0v) is 16.2. The van der Waals surface area contributed by atoms with Crippen molar-refractivity contribution >= 4 is 34.3 Å². The molecule has 0 aliphatic heterocycles. The minimum absolute atomic E-state index is 0.0826. The van der Waals surface area contributed by atoms with Gasteiger partial charge in [-0.3, -0.25) is 9.59 Å². The Morgan fingerprint density at radius 2 is 1.57 bits per heavy atom. The predicted molar refractivity (Wildman–Crippen MR) is 111 cm³/mol. The third-order valence-electron chi connectivity index (χ3n) is 4.45. The van der Waals surface area contributed by atoms with Gasteiger partial charge in [0.25, 0.3) is 5.56 Å². The van der Waals surface area contributed by atoms with Crippen LogP contribution in [0, 0.1) is 0 Å². The summed E-state index contributed by atoms with van der Waals surface area (Å²) in [5.74, 6) is -1.10. The Labute approximate surface area is 175 Å². The van der Waals surface area contributed by atoms with Gasteiger partial charge in [-0.1, -0.05) is 47.1 Å². The maximum absolute atomic E-state index is 12.8. The van der Waals surface area contributed by atoms with E-state index >= 15 is 0 Å². The summed E-state index contributed by atoms with van der Waals surface area (Å²) in [7, 11) is 0. The molecule has 0 fully saturated rings. The van der Waals surface area contributed by atoms with E-state index in [0.29, 0.717) is 21.5 Å². The van der Waals surface area contributed by atoms with Crippen LogP contribution in [0.15, 0.2) is 77.6 Å². The molecule has 4 aromatic rings. The molecular formula is C22H14ClN3O4. The molecule has 7 nitrogen and oxygen atoms in total. The van der Waals surface area contributed by atoms with E-state index in [1.807, 2.05) is 0 Å². The van der Waals surface area contributed by atoms with Gasteiger partial charge in [-0.2, -0.15) is 4.68 Å². The van der Waals surface area contributed by atoms with Crippen molar-refractivity contribution in [2.75, 3.05) is 0 Å². The molecule has 0 unspecified atom stereocenters. The SMILES string of the molecule is O=C(OCn1nnc2ccccc2c1=O)c1ccccc1C(=O)c1ccc(Cl)cc1. The fourth-order valence-electron chi connectivity index (χ4n) is 2.92. The van der Waals surface area contributed by atoms with Crippen LogP contribution in [0.3, 0.4) is 0 Å². The Morgan fingerprint density at radius 1 is 0.900 bits per heavy atom. The summed E-state index contributed by atoms with van der Waals surface area (Å²) in [4.78, 5) is 37.9. The van der Waals surface area contributed by atoms with Gasteiger partial charge in [0.1, 0.15) is 5.52 Å². The maximum Gasteiger partial charge on any atom is 0.340 e. The number of hydrogen-bond acceptors (Lipinski definition) is 6. The third-order valence-corrected chi connectivity index (χ3v) is 4.70. The van der Waals surface area contributed by atoms with Gasteiger partial charge in [-0.05, 0) is 42.5 Å². The lowest BCUT2D eigenvalue weighted by atomic mass is 9.98. The van der Waals surface area contributed by atoms with E-state index in [2.05, 4.69) is 10.3 Å². The monoisotopic (exact) mass is 419 g/mol. The van der Waals surface area contributed by atoms with Crippen molar-refractivity contribution in [1.82, 2.24) is 15.0 Å². The fraction of sp³-hybridized carbons (Fsp3) is 0.0455. The van der Waals surface area contributed by atoms with Crippen LogP contribution in [0.5, 0.6) is 0 Å². The van der Waals surface area contributed by atoms with Crippen LogP contribution in [0.25, 0.3) is 10.9 Å². The summed E-state index contributed by atoms with van der Waals surface area (Å²) in [5.41, 5.74) is 0.667. The summed E-state index contributed by atoms with van der Waals surface area (Å²) in [6.07, 6.45) is 0. The van der Waals surface area contributed by atoms with Crippen LogP contribution in [0.2, 0.25) is 5.02 Å². The second-order valence-electron chi connectivity index (χ2n) is 6.35. The molecule has 1 aromatic heterocycles. The van der Waals surface area contributed by atoms with Crippen molar-refractivity contribution in [1.29, 1.82) is 0 Å². The van der Waals surface area contributed by atoms with Crippen LogP contribution < -0.4 is 5.56 Å². The molecule has 148 valence electrons. The summed E-state index contributed by atoms with van der Waals surface area (Å²) in [6.45, 7) is -0.432. The summed E-state index contributed by atoms with van der Waals surface area (Å²) < 4.78 is 6.19. The van der Waals surface area contributed by atoms with E-state index in [1.165, 1.54) is 12.1 Å². The first-order valence-corrected chi connectivity index (χ1v) is 9.31. The lowest BCUT2D eigenvalue weighted by molar-refractivity contribution is 0.0334. The Hall–Kier alpha value is -3.84. The van der Waals surface area contributed by atoms with Gasteiger partial charge >= 0.3 is 5.97 Å². The van der Waals surface area contributed by atoms with Gasteiger partial charge in [0, 0.05) is 16.1 Å². The van der Waals surface area contributed by atoms with E-state index in [1.54, 1.807) is 60.7 Å². The summed E-state index contributed by atoms with van der Waals surface area (Å²) >= 11 is 5.87. The average molecular weight is 420 g/mol. The molecule has 8 heteroatoms. The molecule has 3 aromatic carbocycles. The maximum atomic E-state index is 12.8. The second-order valence-corrected chi connectivity index (χ2v) is 6.79. The van der Waals surface area contributed by atoms with E-state index in [9.17, 15) is 14.4 Å². The van der Waals surface area contributed by atoms with Crippen LogP contribution in [-0.4, -0.2) is 26.7 Å². The number of carbonyl (C=O) groups excluding carboxylic acids is 2. The minimum atomic E-state index is -0.755. The van der Waals surface area contributed by atoms with E-state index in [-0.39, 0.29) is 16.9 Å². The van der Waals surface area contributed by atoms with Gasteiger partial charge in [0.15, 0.2) is 12.5 Å². The second kappa shape index (κ2) is 8.26. The molecule has 0 amide bonds. The number of hydrogen-bond donors (Lipinski definition) is 0. The lowest BCUT2D eigenvalue weighted by Crippen LogP contribution is -2.27. The zero-order chi connectivity index (χ0) is 21.1. The number of halogens is 1. The smallest absolute Gasteiger partial charge is 0.340 e. The van der Waals surface area contributed by atoms with Crippen LogP contribution in [0.1, 0.15) is 26.3 Å². The van der Waals surface area contributed by atoms with Crippen LogP contribution >= 0.6 is 11.6 Å². The Morgan fingerprint density at radius 3 is 2.33 bits per heavy atom. The van der Waals surface area contributed by atoms with Gasteiger partial charge < -0.3 is 4.74 Å². The highest BCUT2D eigenvalue weighted by Gasteiger charge is 2.19. The number of benzene rings is 3. The minimum Gasteiger partial charge on any atom is -0.439 e. The zero-order valence-electron chi connectivity index (χ0n) is 15.5. The van der Waals surface area contributed by atoms with Crippen molar-refractivity contribution in [2.24, 2.45) is 0 Å². The molecule has 0 aliphatic rings. The highest BCUT2D eigenvalue weighted by molar-refractivity contribution is 6.30. The molecular weight excluding hydrogens is 406 g/mol. The molecule has 0 radical (unpaired) electrons. The number of fused-ring (bicyclic) bond motifs is 1. The standard InChI is InChI=1S/C22H14ClN3O4/c23-15-11-9-14(10-12-15)20(27)16-5-1-2-6-17(16)22(29)30-13-26-21(28)18-7-3-4-8-19(18)24-25-26/h1-12H,13H2. The highest BCUT2D eigenvalue weighted by Crippen LogP contribution is 2.18. The molecule has 30 heavy (non-hydrogen) atoms. The van der Waals surface area contributed by atoms with E-state index in [0.717, 1.165) is 4.68 Å². The van der Waals surface area contributed by atoms with Crippen LogP contribution in [-0.2, 0) is 11.5 Å². The molecule has 4 rings (SSSR count). The quantitative estimate of drug-likeness (QED) is 0.363. The number of nitrogens with zero attached hydrogens (tertiary/aromatic N) is 3. The molecule has 0 spiro atoms. The number of ketones is 1. The van der Waals surface area contributed by atoms with Crippen LogP contribution in [0.4, 0.5) is 0 Å². The van der Waals surface area contributed by atoms with Gasteiger partial charge in [0.05, 0.1) is 10.9 Å². The first-order valence-electron chi connectivity index (χ1n) is 8.93. The number of carbonyl (C=O) groups is 2. The van der Waals surface area contributed by atoms with Crippen molar-refractivity contribution in [3.05, 3.63) is 105 Å². The van der Waals surface area contributed by atoms with Gasteiger partial charge in [0.2, 0.25) is 0 Å². The largest absolute Gasteiger partial charge is 0.439 e. The number of rotatable bonds is 5. The first-order chi connectivity index (χ1) is 14.5. The topological polar surface area (TPSA) is 91.2 Å². The Balaban J connectivity index is 1.58. The van der Waals surface area contributed by atoms with Crippen molar-refractivity contribution < 1.29 is 14.3 Å². The molecule has 0 saturated carbocycles. The first kappa shape index (κ1) is 19.5. The average Bonchev–Trinajstić information content (AvgIpc) is 2.78. The van der Waals surface area contributed by atoms with E-state index < -0.39 is 18.3 Å². The normalized spacial score (nSPS) is 10.7. The van der Waals surface area contributed by atoms with Crippen molar-refractivity contribution in [3.63, 3.8) is 0 Å². The fourth-order valence-corrected chi connectivity index (χ4v) is 3.05. The molecule has 0 atom stereocenters. The highest BCUT2D eigenvalue weighted by atomic mass is 35.5.